The number of carbonyl (C=O) groups excluding carboxylic acids is 1. The predicted molar refractivity (Wildman–Crippen MR) is 77.6 cm³/mol. The fraction of sp³-hybridized carbons (Fsp3) is 0.933. The van der Waals surface area contributed by atoms with Gasteiger partial charge in [-0.2, -0.15) is 0 Å². The lowest BCUT2D eigenvalue weighted by molar-refractivity contribution is -0.147. The average Bonchev–Trinajstić information content (AvgIpc) is 2.46. The number of hydrogen-bond donors (Lipinski definition) is 2. The maximum Gasteiger partial charge on any atom is 0.252 e. The Balaban J connectivity index is 1.86. The number of ether oxygens (including phenoxy) is 2. The number of rotatable bonds is 7. The second-order valence-electron chi connectivity index (χ2n) is 6.23. The first-order valence-electron chi connectivity index (χ1n) is 7.70. The Morgan fingerprint density at radius 3 is 2.40 bits per heavy atom. The Morgan fingerprint density at radius 1 is 1.20 bits per heavy atom. The molecule has 0 unspecified atom stereocenters. The summed E-state index contributed by atoms with van der Waals surface area (Å²) in [7, 11) is 3.38. The molecule has 1 aliphatic heterocycles. The predicted octanol–water partition coefficient (Wildman–Crippen LogP) is 1.08. The highest BCUT2D eigenvalue weighted by molar-refractivity contribution is 5.85. The van der Waals surface area contributed by atoms with Crippen molar-refractivity contribution >= 4 is 5.91 Å². The van der Waals surface area contributed by atoms with Crippen molar-refractivity contribution in [2.75, 3.05) is 40.5 Å². The van der Waals surface area contributed by atoms with E-state index in [0.717, 1.165) is 45.5 Å². The summed E-state index contributed by atoms with van der Waals surface area (Å²) in [6.45, 7) is 3.22. The van der Waals surface area contributed by atoms with Gasteiger partial charge < -0.3 is 20.1 Å². The molecule has 5 nitrogen and oxygen atoms in total. The molecule has 1 saturated heterocycles. The standard InChI is InChI=1S/C15H28N2O3/c1-19-11-8-14(4-3-5-14)12-17-13(18)15(20-2)6-9-16-10-7-15/h16H,3-12H2,1-2H3,(H,17,18). The first kappa shape index (κ1) is 15.7. The maximum atomic E-state index is 12.5. The number of hydrogen-bond acceptors (Lipinski definition) is 4. The second-order valence-corrected chi connectivity index (χ2v) is 6.23. The van der Waals surface area contributed by atoms with E-state index in [1.807, 2.05) is 0 Å². The molecule has 0 spiro atoms. The molecule has 5 heteroatoms. The molecular formula is C15H28N2O3. The molecular weight excluding hydrogens is 256 g/mol. The molecule has 0 aromatic carbocycles. The number of carbonyl (C=O) groups is 1. The molecule has 1 aliphatic carbocycles. The summed E-state index contributed by atoms with van der Waals surface area (Å²) in [5, 5.41) is 6.42. The van der Waals surface area contributed by atoms with E-state index in [9.17, 15) is 4.79 Å². The Bertz CT molecular complexity index is 323. The summed E-state index contributed by atoms with van der Waals surface area (Å²) in [5.74, 6) is 0.0604. The van der Waals surface area contributed by atoms with Gasteiger partial charge in [-0.05, 0) is 50.6 Å². The topological polar surface area (TPSA) is 59.6 Å². The van der Waals surface area contributed by atoms with Gasteiger partial charge in [0.1, 0.15) is 5.60 Å². The van der Waals surface area contributed by atoms with E-state index in [4.69, 9.17) is 9.47 Å². The summed E-state index contributed by atoms with van der Waals surface area (Å²) in [6, 6.07) is 0. The smallest absolute Gasteiger partial charge is 0.252 e. The minimum absolute atomic E-state index is 0.0604. The largest absolute Gasteiger partial charge is 0.385 e. The SMILES string of the molecule is COCCC1(CNC(=O)C2(OC)CCNCC2)CCC1. The summed E-state index contributed by atoms with van der Waals surface area (Å²) >= 11 is 0. The third-order valence-corrected chi connectivity index (χ3v) is 5.09. The Labute approximate surface area is 121 Å². The average molecular weight is 284 g/mol. The molecule has 0 aromatic heterocycles. The van der Waals surface area contributed by atoms with Crippen LogP contribution in [0.15, 0.2) is 0 Å². The second kappa shape index (κ2) is 6.87. The Morgan fingerprint density at radius 2 is 1.90 bits per heavy atom. The van der Waals surface area contributed by atoms with Gasteiger partial charge in [0.05, 0.1) is 0 Å². The van der Waals surface area contributed by atoms with Gasteiger partial charge in [-0.15, -0.1) is 0 Å². The van der Waals surface area contributed by atoms with Crippen LogP contribution in [0.2, 0.25) is 0 Å². The van der Waals surface area contributed by atoms with Crippen LogP contribution in [0, 0.1) is 5.41 Å². The monoisotopic (exact) mass is 284 g/mol. The van der Waals surface area contributed by atoms with E-state index in [1.54, 1.807) is 14.2 Å². The highest BCUT2D eigenvalue weighted by atomic mass is 16.5. The van der Waals surface area contributed by atoms with Crippen LogP contribution in [0.3, 0.4) is 0 Å². The van der Waals surface area contributed by atoms with Crippen molar-refractivity contribution in [2.45, 2.75) is 44.1 Å². The number of amides is 1. The van der Waals surface area contributed by atoms with Crippen molar-refractivity contribution < 1.29 is 14.3 Å². The Hall–Kier alpha value is -0.650. The van der Waals surface area contributed by atoms with Crippen molar-refractivity contribution in [2.24, 2.45) is 5.41 Å². The van der Waals surface area contributed by atoms with E-state index >= 15 is 0 Å². The van der Waals surface area contributed by atoms with Crippen LogP contribution >= 0.6 is 0 Å². The van der Waals surface area contributed by atoms with E-state index in [2.05, 4.69) is 10.6 Å². The van der Waals surface area contributed by atoms with E-state index in [0.29, 0.717) is 0 Å². The van der Waals surface area contributed by atoms with Gasteiger partial charge in [0.15, 0.2) is 0 Å². The molecule has 2 aliphatic rings. The van der Waals surface area contributed by atoms with Crippen LogP contribution in [0.5, 0.6) is 0 Å². The molecule has 0 aromatic rings. The molecule has 2 N–H and O–H groups in total. The van der Waals surface area contributed by atoms with Gasteiger partial charge >= 0.3 is 0 Å². The zero-order valence-corrected chi connectivity index (χ0v) is 12.8. The summed E-state index contributed by atoms with van der Waals surface area (Å²) < 4.78 is 10.8. The van der Waals surface area contributed by atoms with Gasteiger partial charge in [0.2, 0.25) is 0 Å². The lowest BCUT2D eigenvalue weighted by atomic mass is 9.66. The van der Waals surface area contributed by atoms with Crippen molar-refractivity contribution in [3.63, 3.8) is 0 Å². The van der Waals surface area contributed by atoms with Gasteiger partial charge in [-0.1, -0.05) is 6.42 Å². The van der Waals surface area contributed by atoms with Crippen LogP contribution in [0.4, 0.5) is 0 Å². The third-order valence-electron chi connectivity index (χ3n) is 5.09. The number of piperidine rings is 1. The Kier molecular flexibility index (Phi) is 5.41. The lowest BCUT2D eigenvalue weighted by Crippen LogP contribution is -2.56. The lowest BCUT2D eigenvalue weighted by Gasteiger charge is -2.43. The fourth-order valence-electron chi connectivity index (χ4n) is 3.29. The van der Waals surface area contributed by atoms with Crippen LogP contribution < -0.4 is 10.6 Å². The number of methoxy groups -OCH3 is 2. The van der Waals surface area contributed by atoms with Crippen LogP contribution in [0.1, 0.15) is 38.5 Å². The molecule has 2 rings (SSSR count). The van der Waals surface area contributed by atoms with Crippen molar-refractivity contribution in [3.05, 3.63) is 0 Å². The fourth-order valence-corrected chi connectivity index (χ4v) is 3.29. The minimum Gasteiger partial charge on any atom is -0.385 e. The zero-order chi connectivity index (χ0) is 14.5. The van der Waals surface area contributed by atoms with Crippen molar-refractivity contribution in [1.82, 2.24) is 10.6 Å². The highest BCUT2D eigenvalue weighted by Crippen LogP contribution is 2.43. The first-order chi connectivity index (χ1) is 9.66. The number of nitrogens with one attached hydrogen (secondary N) is 2. The normalized spacial score (nSPS) is 23.9. The molecule has 0 bridgehead atoms. The van der Waals surface area contributed by atoms with Gasteiger partial charge in [0, 0.05) is 27.4 Å². The third kappa shape index (κ3) is 3.32. The van der Waals surface area contributed by atoms with Gasteiger partial charge in [0.25, 0.3) is 5.91 Å². The molecule has 0 atom stereocenters. The molecule has 1 amide bonds. The van der Waals surface area contributed by atoms with Crippen molar-refractivity contribution in [1.29, 1.82) is 0 Å². The van der Waals surface area contributed by atoms with E-state index < -0.39 is 5.60 Å². The van der Waals surface area contributed by atoms with Crippen LogP contribution in [0.25, 0.3) is 0 Å². The maximum absolute atomic E-state index is 12.5. The first-order valence-corrected chi connectivity index (χ1v) is 7.70. The molecule has 2 fully saturated rings. The van der Waals surface area contributed by atoms with E-state index in [1.165, 1.54) is 19.3 Å². The van der Waals surface area contributed by atoms with Gasteiger partial charge in [-0.3, -0.25) is 4.79 Å². The molecule has 1 saturated carbocycles. The summed E-state index contributed by atoms with van der Waals surface area (Å²) in [6.07, 6.45) is 6.18. The molecule has 116 valence electrons. The summed E-state index contributed by atoms with van der Waals surface area (Å²) in [5.41, 5.74) is -0.370. The van der Waals surface area contributed by atoms with Crippen LogP contribution in [-0.2, 0) is 14.3 Å². The quantitative estimate of drug-likeness (QED) is 0.734. The van der Waals surface area contributed by atoms with Gasteiger partial charge in [-0.25, -0.2) is 0 Å². The zero-order valence-electron chi connectivity index (χ0n) is 12.8. The summed E-state index contributed by atoms with van der Waals surface area (Å²) in [4.78, 5) is 12.5. The highest BCUT2D eigenvalue weighted by Gasteiger charge is 2.42. The van der Waals surface area contributed by atoms with E-state index in [-0.39, 0.29) is 11.3 Å². The molecule has 1 heterocycles. The molecule has 20 heavy (non-hydrogen) atoms. The van der Waals surface area contributed by atoms with Crippen LogP contribution in [-0.4, -0.2) is 52.0 Å². The minimum atomic E-state index is -0.628. The molecule has 0 radical (unpaired) electrons. The van der Waals surface area contributed by atoms with Crippen molar-refractivity contribution in [3.8, 4) is 0 Å².